The molecule has 98 valence electrons. The first-order chi connectivity index (χ1) is 8.15. The maximum atomic E-state index is 11.8. The molecule has 1 unspecified atom stereocenters. The molecule has 1 rings (SSSR count). The van der Waals surface area contributed by atoms with Crippen LogP contribution in [0.25, 0.3) is 0 Å². The van der Waals surface area contributed by atoms with Crippen LogP contribution < -0.4 is 5.32 Å². The van der Waals surface area contributed by atoms with Gasteiger partial charge in [0.25, 0.3) is 0 Å². The number of hydrogen-bond donors (Lipinski definition) is 1. The number of methoxy groups -OCH3 is 1. The van der Waals surface area contributed by atoms with Crippen LogP contribution in [0.5, 0.6) is 0 Å². The summed E-state index contributed by atoms with van der Waals surface area (Å²) in [6.45, 7) is 4.59. The highest BCUT2D eigenvalue weighted by Crippen LogP contribution is 2.09. The molecule has 0 saturated carbocycles. The fourth-order valence-corrected chi connectivity index (χ4v) is 1.90. The number of rotatable bonds is 6. The van der Waals surface area contributed by atoms with E-state index in [1.165, 1.54) is 0 Å². The number of nitrogens with zero attached hydrogens (tertiary/aromatic N) is 1. The zero-order valence-corrected chi connectivity index (χ0v) is 10.7. The van der Waals surface area contributed by atoms with E-state index in [1.54, 1.807) is 7.11 Å². The molecule has 5 nitrogen and oxygen atoms in total. The Morgan fingerprint density at radius 3 is 2.71 bits per heavy atom. The molecule has 0 radical (unpaired) electrons. The van der Waals surface area contributed by atoms with Crippen molar-refractivity contribution in [2.45, 2.75) is 32.2 Å². The van der Waals surface area contributed by atoms with E-state index in [0.717, 1.165) is 6.42 Å². The third-order valence-electron chi connectivity index (χ3n) is 3.11. The number of hydrogen-bond acceptors (Lipinski definition) is 4. The highest BCUT2D eigenvalue weighted by molar-refractivity contribution is 5.82. The summed E-state index contributed by atoms with van der Waals surface area (Å²) in [5, 5.41) is 2.88. The first-order valence-corrected chi connectivity index (χ1v) is 6.17. The Labute approximate surface area is 102 Å². The molecule has 17 heavy (non-hydrogen) atoms. The summed E-state index contributed by atoms with van der Waals surface area (Å²) in [7, 11) is 1.65. The first kappa shape index (κ1) is 14.1. The fourth-order valence-electron chi connectivity index (χ4n) is 1.90. The molecular weight excluding hydrogens is 220 g/mol. The van der Waals surface area contributed by atoms with Crippen molar-refractivity contribution in [1.29, 1.82) is 0 Å². The quantitative estimate of drug-likeness (QED) is 0.676. The minimum atomic E-state index is -0.148. The van der Waals surface area contributed by atoms with E-state index in [9.17, 15) is 9.59 Å². The van der Waals surface area contributed by atoms with E-state index in [4.69, 9.17) is 4.74 Å². The Morgan fingerprint density at radius 1 is 1.47 bits per heavy atom. The second kappa shape index (κ2) is 7.40. The Kier molecular flexibility index (Phi) is 6.15. The van der Waals surface area contributed by atoms with E-state index < -0.39 is 0 Å². The van der Waals surface area contributed by atoms with Crippen LogP contribution in [0.4, 0.5) is 0 Å². The number of likely N-dealkylation sites (tertiary alicyclic amines) is 1. The van der Waals surface area contributed by atoms with Gasteiger partial charge in [0.15, 0.2) is 0 Å². The van der Waals surface area contributed by atoms with E-state index in [-0.39, 0.29) is 11.9 Å². The van der Waals surface area contributed by atoms with Gasteiger partial charge in [-0.05, 0) is 13.3 Å². The third kappa shape index (κ3) is 4.83. The zero-order chi connectivity index (χ0) is 12.7. The van der Waals surface area contributed by atoms with Crippen LogP contribution in [-0.4, -0.2) is 56.0 Å². The van der Waals surface area contributed by atoms with E-state index in [0.29, 0.717) is 44.9 Å². The van der Waals surface area contributed by atoms with Gasteiger partial charge in [-0.2, -0.15) is 0 Å². The highest BCUT2D eigenvalue weighted by Gasteiger charge is 2.24. The molecule has 0 aromatic carbocycles. The minimum absolute atomic E-state index is 0.0375. The van der Waals surface area contributed by atoms with Crippen LogP contribution in [0.3, 0.4) is 0 Å². The number of piperidine rings is 1. The largest absolute Gasteiger partial charge is 0.385 e. The molecule has 0 aliphatic carbocycles. The first-order valence-electron chi connectivity index (χ1n) is 6.17. The van der Waals surface area contributed by atoms with E-state index in [1.807, 2.05) is 6.92 Å². The summed E-state index contributed by atoms with van der Waals surface area (Å²) in [5.41, 5.74) is 0. The lowest BCUT2D eigenvalue weighted by atomic mass is 10.1. The van der Waals surface area contributed by atoms with Crippen molar-refractivity contribution < 1.29 is 14.3 Å². The average Bonchev–Trinajstić information content (AvgIpc) is 2.34. The lowest BCUT2D eigenvalue weighted by Gasteiger charge is -2.30. The molecule has 1 saturated heterocycles. The van der Waals surface area contributed by atoms with Gasteiger partial charge in [-0.15, -0.1) is 0 Å². The minimum Gasteiger partial charge on any atom is -0.385 e. The summed E-state index contributed by atoms with van der Waals surface area (Å²) in [6.07, 6.45) is 1.97. The number of nitrogens with one attached hydrogen (secondary N) is 1. The standard InChI is InChI=1S/C12H22N2O3/c1-10(12(16)13-6-3-9-17-2)14-7-4-11(15)5-8-14/h10H,3-9H2,1-2H3,(H,13,16). The van der Waals surface area contributed by atoms with Crippen LogP contribution in [-0.2, 0) is 14.3 Å². The van der Waals surface area contributed by atoms with Crippen molar-refractivity contribution in [2.24, 2.45) is 0 Å². The van der Waals surface area contributed by atoms with E-state index in [2.05, 4.69) is 10.2 Å². The lowest BCUT2D eigenvalue weighted by Crippen LogP contribution is -2.48. The summed E-state index contributed by atoms with van der Waals surface area (Å²) >= 11 is 0. The van der Waals surface area contributed by atoms with Gasteiger partial charge in [0, 0.05) is 46.2 Å². The number of ether oxygens (including phenoxy) is 1. The fraction of sp³-hybridized carbons (Fsp3) is 0.833. The molecule has 1 N–H and O–H groups in total. The number of carbonyl (C=O) groups is 2. The van der Waals surface area contributed by atoms with Gasteiger partial charge in [0.05, 0.1) is 6.04 Å². The molecule has 5 heteroatoms. The zero-order valence-electron chi connectivity index (χ0n) is 10.7. The Balaban J connectivity index is 2.23. The van der Waals surface area contributed by atoms with Crippen molar-refractivity contribution in [3.63, 3.8) is 0 Å². The van der Waals surface area contributed by atoms with Crippen molar-refractivity contribution in [1.82, 2.24) is 10.2 Å². The van der Waals surface area contributed by atoms with Gasteiger partial charge in [0.2, 0.25) is 5.91 Å². The number of carbonyl (C=O) groups excluding carboxylic acids is 2. The monoisotopic (exact) mass is 242 g/mol. The van der Waals surface area contributed by atoms with Crippen molar-refractivity contribution >= 4 is 11.7 Å². The van der Waals surface area contributed by atoms with Gasteiger partial charge >= 0.3 is 0 Å². The summed E-state index contributed by atoms with van der Waals surface area (Å²) < 4.78 is 4.91. The third-order valence-corrected chi connectivity index (χ3v) is 3.11. The normalized spacial score (nSPS) is 19.1. The highest BCUT2D eigenvalue weighted by atomic mass is 16.5. The predicted octanol–water partition coefficient (Wildman–Crippen LogP) is 0.193. The van der Waals surface area contributed by atoms with Gasteiger partial charge in [-0.1, -0.05) is 0 Å². The Hall–Kier alpha value is -0.940. The van der Waals surface area contributed by atoms with Crippen molar-refractivity contribution in [3.8, 4) is 0 Å². The molecule has 0 bridgehead atoms. The van der Waals surface area contributed by atoms with Crippen molar-refractivity contribution in [3.05, 3.63) is 0 Å². The molecule has 1 fully saturated rings. The van der Waals surface area contributed by atoms with Crippen LogP contribution in [0, 0.1) is 0 Å². The number of amides is 1. The number of Topliss-reactive ketones (excluding diaryl/α,β-unsaturated/α-hetero) is 1. The van der Waals surface area contributed by atoms with Crippen LogP contribution in [0.1, 0.15) is 26.2 Å². The summed E-state index contributed by atoms with van der Waals surface area (Å²) in [5.74, 6) is 0.337. The maximum absolute atomic E-state index is 11.8. The van der Waals surface area contributed by atoms with Crippen molar-refractivity contribution in [2.75, 3.05) is 33.4 Å². The van der Waals surface area contributed by atoms with Crippen LogP contribution in [0.2, 0.25) is 0 Å². The van der Waals surface area contributed by atoms with Crippen LogP contribution >= 0.6 is 0 Å². The van der Waals surface area contributed by atoms with Gasteiger partial charge in [-0.3, -0.25) is 14.5 Å². The molecule has 1 atom stereocenters. The molecule has 0 aromatic rings. The maximum Gasteiger partial charge on any atom is 0.237 e. The van der Waals surface area contributed by atoms with Crippen LogP contribution in [0.15, 0.2) is 0 Å². The lowest BCUT2D eigenvalue weighted by molar-refractivity contribution is -0.129. The number of ketones is 1. The van der Waals surface area contributed by atoms with Gasteiger partial charge in [0.1, 0.15) is 5.78 Å². The molecule has 1 aliphatic rings. The topological polar surface area (TPSA) is 58.6 Å². The SMILES string of the molecule is COCCCNC(=O)C(C)N1CCC(=O)CC1. The van der Waals surface area contributed by atoms with Gasteiger partial charge < -0.3 is 10.1 Å². The molecule has 0 spiro atoms. The Morgan fingerprint density at radius 2 is 2.12 bits per heavy atom. The molecular formula is C12H22N2O3. The predicted molar refractivity (Wildman–Crippen MR) is 64.8 cm³/mol. The van der Waals surface area contributed by atoms with E-state index >= 15 is 0 Å². The molecule has 1 amide bonds. The Bertz CT molecular complexity index is 258. The second-order valence-corrected chi connectivity index (χ2v) is 4.39. The average molecular weight is 242 g/mol. The summed E-state index contributed by atoms with van der Waals surface area (Å²) in [6, 6.07) is -0.148. The smallest absolute Gasteiger partial charge is 0.237 e. The van der Waals surface area contributed by atoms with Gasteiger partial charge in [-0.25, -0.2) is 0 Å². The molecule has 1 aliphatic heterocycles. The second-order valence-electron chi connectivity index (χ2n) is 4.39. The molecule has 0 aromatic heterocycles. The summed E-state index contributed by atoms with van der Waals surface area (Å²) in [4.78, 5) is 25.0. The molecule has 1 heterocycles.